The summed E-state index contributed by atoms with van der Waals surface area (Å²) in [4.78, 5) is 26.2. The monoisotopic (exact) mass is 271 g/mol. The number of fused-ring (bicyclic) bond motifs is 1. The first-order chi connectivity index (χ1) is 8.91. The van der Waals surface area contributed by atoms with Crippen molar-refractivity contribution >= 4 is 25.6 Å². The standard InChI is InChI=1S/C15H17NO2Si/c1-19(2,3)12-9-11-13(12)15(18)16(14(11)17)10-7-5-4-6-8-10/h4-9,11,13H,1-3H3. The number of imide groups is 1. The Hall–Kier alpha value is -1.68. The van der Waals surface area contributed by atoms with Gasteiger partial charge in [0.2, 0.25) is 11.8 Å². The Bertz CT molecular complexity index is 586. The van der Waals surface area contributed by atoms with Crippen LogP contribution in [0.4, 0.5) is 5.69 Å². The Kier molecular flexibility index (Phi) is 2.54. The van der Waals surface area contributed by atoms with E-state index in [1.165, 1.54) is 10.1 Å². The van der Waals surface area contributed by atoms with Gasteiger partial charge in [-0.25, -0.2) is 4.90 Å². The number of benzene rings is 1. The largest absolute Gasteiger partial charge is 0.273 e. The first-order valence-corrected chi connectivity index (χ1v) is 10.1. The zero-order valence-corrected chi connectivity index (χ0v) is 12.4. The van der Waals surface area contributed by atoms with Gasteiger partial charge in [-0.1, -0.05) is 49.1 Å². The Morgan fingerprint density at radius 2 is 1.63 bits per heavy atom. The van der Waals surface area contributed by atoms with Crippen molar-refractivity contribution in [2.45, 2.75) is 19.6 Å². The van der Waals surface area contributed by atoms with Gasteiger partial charge in [0.15, 0.2) is 0 Å². The van der Waals surface area contributed by atoms with Gasteiger partial charge in [0.1, 0.15) is 0 Å². The average molecular weight is 271 g/mol. The second-order valence-electron chi connectivity index (χ2n) is 6.22. The minimum absolute atomic E-state index is 0.0406. The predicted molar refractivity (Wildman–Crippen MR) is 77.3 cm³/mol. The van der Waals surface area contributed by atoms with Crippen LogP contribution in [0.15, 0.2) is 41.6 Å². The van der Waals surface area contributed by atoms with E-state index in [9.17, 15) is 9.59 Å². The summed E-state index contributed by atoms with van der Waals surface area (Å²) in [5.74, 6) is -0.502. The van der Waals surface area contributed by atoms with Crippen LogP contribution in [-0.4, -0.2) is 19.9 Å². The van der Waals surface area contributed by atoms with Crippen LogP contribution in [-0.2, 0) is 9.59 Å². The van der Waals surface area contributed by atoms with E-state index >= 15 is 0 Å². The number of amides is 2. The predicted octanol–water partition coefficient (Wildman–Crippen LogP) is 2.61. The van der Waals surface area contributed by atoms with Gasteiger partial charge >= 0.3 is 0 Å². The molecule has 0 aromatic heterocycles. The fourth-order valence-electron chi connectivity index (χ4n) is 2.91. The fourth-order valence-corrected chi connectivity index (χ4v) is 4.83. The van der Waals surface area contributed by atoms with Crippen molar-refractivity contribution < 1.29 is 9.59 Å². The van der Waals surface area contributed by atoms with Crippen molar-refractivity contribution in [3.05, 3.63) is 41.6 Å². The normalized spacial score (nSPS) is 26.1. The molecule has 0 bridgehead atoms. The van der Waals surface area contributed by atoms with Gasteiger partial charge in [-0.2, -0.15) is 0 Å². The molecular weight excluding hydrogens is 254 g/mol. The van der Waals surface area contributed by atoms with Crippen LogP contribution in [0.25, 0.3) is 0 Å². The van der Waals surface area contributed by atoms with Crippen LogP contribution in [0.5, 0.6) is 0 Å². The molecule has 2 unspecified atom stereocenters. The van der Waals surface area contributed by atoms with Crippen LogP contribution >= 0.6 is 0 Å². The molecule has 2 atom stereocenters. The van der Waals surface area contributed by atoms with E-state index in [0.29, 0.717) is 5.69 Å². The molecule has 1 fully saturated rings. The summed E-state index contributed by atoms with van der Waals surface area (Å²) in [6.07, 6.45) is 2.03. The molecule has 1 saturated heterocycles. The number of hydrogen-bond acceptors (Lipinski definition) is 2. The number of nitrogens with zero attached hydrogens (tertiary/aromatic N) is 1. The molecule has 1 aliphatic heterocycles. The van der Waals surface area contributed by atoms with Crippen molar-refractivity contribution in [2.75, 3.05) is 4.90 Å². The van der Waals surface area contributed by atoms with E-state index in [2.05, 4.69) is 19.6 Å². The highest BCUT2D eigenvalue weighted by Gasteiger charge is 2.56. The second-order valence-corrected chi connectivity index (χ2v) is 11.3. The molecule has 3 nitrogen and oxygen atoms in total. The summed E-state index contributed by atoms with van der Waals surface area (Å²) in [5.41, 5.74) is 0.690. The molecule has 19 heavy (non-hydrogen) atoms. The van der Waals surface area contributed by atoms with E-state index < -0.39 is 8.07 Å². The van der Waals surface area contributed by atoms with Gasteiger partial charge in [-0.3, -0.25) is 9.59 Å². The van der Waals surface area contributed by atoms with Gasteiger partial charge in [-0.05, 0) is 12.1 Å². The van der Waals surface area contributed by atoms with Gasteiger partial charge in [-0.15, -0.1) is 0 Å². The molecule has 1 aromatic rings. The van der Waals surface area contributed by atoms with Gasteiger partial charge in [0.05, 0.1) is 25.6 Å². The lowest BCUT2D eigenvalue weighted by atomic mass is 9.84. The average Bonchev–Trinajstić information content (AvgIpc) is 2.44. The zero-order valence-electron chi connectivity index (χ0n) is 11.4. The molecule has 0 N–H and O–H groups in total. The van der Waals surface area contributed by atoms with Crippen LogP contribution < -0.4 is 4.90 Å². The van der Waals surface area contributed by atoms with Gasteiger partial charge in [0, 0.05) is 0 Å². The summed E-state index contributed by atoms with van der Waals surface area (Å²) >= 11 is 0. The molecule has 0 spiro atoms. The lowest BCUT2D eigenvalue weighted by Gasteiger charge is -2.34. The molecule has 1 heterocycles. The molecule has 4 heteroatoms. The lowest BCUT2D eigenvalue weighted by Crippen LogP contribution is -2.40. The van der Waals surface area contributed by atoms with E-state index in [1.54, 1.807) is 0 Å². The molecule has 98 valence electrons. The Labute approximate surface area is 113 Å². The highest BCUT2D eigenvalue weighted by atomic mass is 28.3. The van der Waals surface area contributed by atoms with Crippen LogP contribution in [0, 0.1) is 11.8 Å². The SMILES string of the molecule is C[Si](C)(C)C1=CC2C(=O)N(c3ccccc3)C(=O)C12. The zero-order chi connectivity index (χ0) is 13.8. The Balaban J connectivity index is 1.96. The van der Waals surface area contributed by atoms with Crippen molar-refractivity contribution in [3.63, 3.8) is 0 Å². The number of carbonyl (C=O) groups is 2. The topological polar surface area (TPSA) is 37.4 Å². The third-order valence-electron chi connectivity index (χ3n) is 3.93. The molecule has 2 amide bonds. The molecule has 1 aliphatic carbocycles. The third-order valence-corrected chi connectivity index (χ3v) is 6.14. The molecule has 0 saturated carbocycles. The first-order valence-electron chi connectivity index (χ1n) is 6.56. The number of rotatable bonds is 2. The summed E-state index contributed by atoms with van der Waals surface area (Å²) in [6, 6.07) is 9.21. The lowest BCUT2D eigenvalue weighted by molar-refractivity contribution is -0.121. The molecule has 0 radical (unpaired) electrons. The van der Waals surface area contributed by atoms with E-state index in [0.717, 1.165) is 0 Å². The number of para-hydroxylation sites is 1. The van der Waals surface area contributed by atoms with Crippen molar-refractivity contribution in [1.29, 1.82) is 0 Å². The van der Waals surface area contributed by atoms with Crippen molar-refractivity contribution in [1.82, 2.24) is 0 Å². The molecule has 3 rings (SSSR count). The third kappa shape index (κ3) is 1.70. The summed E-state index contributed by atoms with van der Waals surface area (Å²) in [6.45, 7) is 6.66. The highest BCUT2D eigenvalue weighted by Crippen LogP contribution is 2.46. The van der Waals surface area contributed by atoms with Crippen molar-refractivity contribution in [2.24, 2.45) is 11.8 Å². The smallest absolute Gasteiger partial charge is 0.241 e. The van der Waals surface area contributed by atoms with Gasteiger partial charge in [0.25, 0.3) is 0 Å². The maximum Gasteiger partial charge on any atom is 0.241 e. The van der Waals surface area contributed by atoms with Crippen molar-refractivity contribution in [3.8, 4) is 0 Å². The minimum atomic E-state index is -1.50. The van der Waals surface area contributed by atoms with E-state index in [4.69, 9.17) is 0 Å². The van der Waals surface area contributed by atoms with Crippen LogP contribution in [0.3, 0.4) is 0 Å². The van der Waals surface area contributed by atoms with Crippen LogP contribution in [0.2, 0.25) is 19.6 Å². The van der Waals surface area contributed by atoms with Gasteiger partial charge < -0.3 is 0 Å². The Morgan fingerprint density at radius 1 is 1.00 bits per heavy atom. The minimum Gasteiger partial charge on any atom is -0.273 e. The highest BCUT2D eigenvalue weighted by molar-refractivity contribution is 6.84. The summed E-state index contributed by atoms with van der Waals surface area (Å²) in [7, 11) is -1.50. The molecular formula is C15H17NO2Si. The van der Waals surface area contributed by atoms with Crippen LogP contribution in [0.1, 0.15) is 0 Å². The number of anilines is 1. The quantitative estimate of drug-likeness (QED) is 0.612. The second kappa shape index (κ2) is 3.90. The molecule has 1 aromatic carbocycles. The maximum atomic E-state index is 12.5. The molecule has 2 aliphatic rings. The number of hydrogen-bond donors (Lipinski definition) is 0. The first kappa shape index (κ1) is 12.4. The summed E-state index contributed by atoms with van der Waals surface area (Å²) < 4.78 is 0. The van der Waals surface area contributed by atoms with E-state index in [1.807, 2.05) is 36.4 Å². The van der Waals surface area contributed by atoms with E-state index in [-0.39, 0.29) is 23.7 Å². The summed E-state index contributed by atoms with van der Waals surface area (Å²) in [5, 5.41) is 1.23. The maximum absolute atomic E-state index is 12.5. The number of carbonyl (C=O) groups excluding carboxylic acids is 2. The Morgan fingerprint density at radius 3 is 2.21 bits per heavy atom. The fraction of sp³-hybridized carbons (Fsp3) is 0.333.